The van der Waals surface area contributed by atoms with Crippen LogP contribution in [0.5, 0.6) is 0 Å². The summed E-state index contributed by atoms with van der Waals surface area (Å²) in [6.45, 7) is 1.04. The van der Waals surface area contributed by atoms with Crippen molar-refractivity contribution in [2.75, 3.05) is 13.7 Å². The van der Waals surface area contributed by atoms with Crippen molar-refractivity contribution in [2.45, 2.75) is 44.5 Å². The Morgan fingerprint density at radius 3 is 3.05 bits per heavy atom. The second-order valence-corrected chi connectivity index (χ2v) is 5.72. The van der Waals surface area contributed by atoms with Gasteiger partial charge in [0.2, 0.25) is 0 Å². The maximum atomic E-state index is 6.01. The molecule has 2 atom stereocenters. The first-order valence-corrected chi connectivity index (χ1v) is 7.61. The Labute approximate surface area is 119 Å². The van der Waals surface area contributed by atoms with E-state index < -0.39 is 0 Å². The molecule has 1 aliphatic carbocycles. The lowest BCUT2D eigenvalue weighted by Crippen LogP contribution is -2.27. The molecule has 3 nitrogen and oxygen atoms in total. The van der Waals surface area contributed by atoms with Crippen LogP contribution in [0.3, 0.4) is 0 Å². The van der Waals surface area contributed by atoms with Crippen molar-refractivity contribution in [2.24, 2.45) is 5.73 Å². The third-order valence-corrected chi connectivity index (χ3v) is 4.33. The number of thiophene rings is 1. The number of nitrogens with two attached hydrogens (primary N) is 1. The summed E-state index contributed by atoms with van der Waals surface area (Å²) in [7, 11) is 1.78. The van der Waals surface area contributed by atoms with Crippen LogP contribution < -0.4 is 5.73 Å². The van der Waals surface area contributed by atoms with Gasteiger partial charge in [-0.15, -0.1) is 11.3 Å². The fourth-order valence-electron chi connectivity index (χ4n) is 2.37. The Kier molecular flexibility index (Phi) is 5.87. The lowest BCUT2D eigenvalue weighted by molar-refractivity contribution is -0.0356. The van der Waals surface area contributed by atoms with Gasteiger partial charge in [0.25, 0.3) is 0 Å². The van der Waals surface area contributed by atoms with Crippen molar-refractivity contribution in [3.63, 3.8) is 0 Å². The van der Waals surface area contributed by atoms with E-state index in [0.29, 0.717) is 25.4 Å². The molecule has 0 amide bonds. The molecule has 4 heteroatoms. The number of hydrogen-bond donors (Lipinski definition) is 1. The van der Waals surface area contributed by atoms with Gasteiger partial charge in [-0.05, 0) is 37.1 Å². The van der Waals surface area contributed by atoms with Crippen molar-refractivity contribution in [1.29, 1.82) is 0 Å². The van der Waals surface area contributed by atoms with Crippen molar-refractivity contribution < 1.29 is 9.47 Å². The van der Waals surface area contributed by atoms with Crippen LogP contribution in [-0.4, -0.2) is 25.9 Å². The lowest BCUT2D eigenvalue weighted by Gasteiger charge is -2.28. The molecular formula is C15H21NO2S. The molecule has 0 saturated heterocycles. The van der Waals surface area contributed by atoms with E-state index >= 15 is 0 Å². The zero-order valence-corrected chi connectivity index (χ0v) is 12.2. The third-order valence-electron chi connectivity index (χ3n) is 3.43. The highest BCUT2D eigenvalue weighted by atomic mass is 32.1. The molecule has 2 rings (SSSR count). The summed E-state index contributed by atoms with van der Waals surface area (Å²) in [4.78, 5) is 1.19. The highest BCUT2D eigenvalue weighted by Gasteiger charge is 2.22. The van der Waals surface area contributed by atoms with Crippen LogP contribution >= 0.6 is 11.3 Å². The molecule has 0 radical (unpaired) electrons. The van der Waals surface area contributed by atoms with E-state index in [4.69, 9.17) is 15.2 Å². The normalized spacial score (nSPS) is 22.8. The maximum absolute atomic E-state index is 6.01. The standard InChI is InChI=1S/C15H21NO2S/c1-17-13-5-2-6-14(10-13)18-11-15-12(4-3-8-16)7-9-19-15/h7,9,13-14H,2,5-6,8,10-11,16H2,1H3. The van der Waals surface area contributed by atoms with E-state index in [1.165, 1.54) is 11.3 Å². The first kappa shape index (κ1) is 14.5. The molecule has 0 bridgehead atoms. The van der Waals surface area contributed by atoms with Crippen LogP contribution in [0.1, 0.15) is 36.1 Å². The Morgan fingerprint density at radius 1 is 1.42 bits per heavy atom. The number of methoxy groups -OCH3 is 1. The van der Waals surface area contributed by atoms with Crippen LogP contribution in [0.25, 0.3) is 0 Å². The fraction of sp³-hybridized carbons (Fsp3) is 0.600. The predicted molar refractivity (Wildman–Crippen MR) is 78.1 cm³/mol. The Bertz CT molecular complexity index is 446. The minimum absolute atomic E-state index is 0.316. The monoisotopic (exact) mass is 279 g/mol. The molecule has 19 heavy (non-hydrogen) atoms. The molecule has 0 aliphatic heterocycles. The van der Waals surface area contributed by atoms with Gasteiger partial charge >= 0.3 is 0 Å². The van der Waals surface area contributed by atoms with Gasteiger partial charge in [0, 0.05) is 17.6 Å². The van der Waals surface area contributed by atoms with E-state index in [-0.39, 0.29) is 0 Å². The quantitative estimate of drug-likeness (QED) is 0.861. The van der Waals surface area contributed by atoms with Crippen molar-refractivity contribution in [3.05, 3.63) is 21.9 Å². The largest absolute Gasteiger partial charge is 0.381 e. The van der Waals surface area contributed by atoms with Gasteiger partial charge in [-0.1, -0.05) is 11.8 Å². The molecule has 1 saturated carbocycles. The molecule has 104 valence electrons. The molecule has 1 heterocycles. The van der Waals surface area contributed by atoms with Gasteiger partial charge in [-0.3, -0.25) is 0 Å². The second kappa shape index (κ2) is 7.66. The first-order chi connectivity index (χ1) is 9.33. The van der Waals surface area contributed by atoms with Crippen LogP contribution in [0.4, 0.5) is 0 Å². The second-order valence-electron chi connectivity index (χ2n) is 4.72. The molecular weight excluding hydrogens is 258 g/mol. The SMILES string of the molecule is COC1CCCC(OCc2sccc2C#CCN)C1. The van der Waals surface area contributed by atoms with Gasteiger partial charge in [0.15, 0.2) is 0 Å². The van der Waals surface area contributed by atoms with Gasteiger partial charge < -0.3 is 15.2 Å². The Hall–Kier alpha value is -0.860. The molecule has 0 aromatic carbocycles. The Morgan fingerprint density at radius 2 is 2.26 bits per heavy atom. The van der Waals surface area contributed by atoms with E-state index in [0.717, 1.165) is 24.8 Å². The molecule has 2 N–H and O–H groups in total. The highest BCUT2D eigenvalue weighted by Crippen LogP contribution is 2.25. The van der Waals surface area contributed by atoms with Crippen LogP contribution in [0, 0.1) is 11.8 Å². The topological polar surface area (TPSA) is 44.5 Å². The van der Waals surface area contributed by atoms with Crippen molar-refractivity contribution in [1.82, 2.24) is 0 Å². The average molecular weight is 279 g/mol. The van der Waals surface area contributed by atoms with Crippen molar-refractivity contribution >= 4 is 11.3 Å². The summed E-state index contributed by atoms with van der Waals surface area (Å²) in [5.74, 6) is 5.99. The maximum Gasteiger partial charge on any atom is 0.0825 e. The molecule has 1 aliphatic rings. The highest BCUT2D eigenvalue weighted by molar-refractivity contribution is 7.10. The van der Waals surface area contributed by atoms with Gasteiger partial charge in [-0.2, -0.15) is 0 Å². The summed E-state index contributed by atoms with van der Waals surface area (Å²) in [5, 5.41) is 2.05. The molecule has 2 unspecified atom stereocenters. The first-order valence-electron chi connectivity index (χ1n) is 6.73. The Balaban J connectivity index is 1.86. The summed E-state index contributed by atoms with van der Waals surface area (Å²) in [5.41, 5.74) is 6.45. The van der Waals surface area contributed by atoms with E-state index in [9.17, 15) is 0 Å². The van der Waals surface area contributed by atoms with Crippen molar-refractivity contribution in [3.8, 4) is 11.8 Å². The minimum Gasteiger partial charge on any atom is -0.381 e. The number of rotatable bonds is 4. The smallest absolute Gasteiger partial charge is 0.0825 e. The minimum atomic E-state index is 0.316. The lowest BCUT2D eigenvalue weighted by atomic mass is 9.95. The summed E-state index contributed by atoms with van der Waals surface area (Å²) in [6, 6.07) is 2.03. The zero-order valence-electron chi connectivity index (χ0n) is 11.4. The zero-order chi connectivity index (χ0) is 13.5. The third kappa shape index (κ3) is 4.32. The van der Waals surface area contributed by atoms with E-state index in [1.807, 2.05) is 6.07 Å². The van der Waals surface area contributed by atoms with Gasteiger partial charge in [-0.25, -0.2) is 0 Å². The van der Waals surface area contributed by atoms with Crippen LogP contribution in [-0.2, 0) is 16.1 Å². The van der Waals surface area contributed by atoms with Gasteiger partial charge in [0.1, 0.15) is 0 Å². The van der Waals surface area contributed by atoms with Gasteiger partial charge in [0.05, 0.1) is 25.4 Å². The summed E-state index contributed by atoms with van der Waals surface area (Å²) < 4.78 is 11.4. The molecule has 1 aromatic rings. The van der Waals surface area contributed by atoms with Crippen LogP contribution in [0.15, 0.2) is 11.4 Å². The summed E-state index contributed by atoms with van der Waals surface area (Å²) in [6.07, 6.45) is 5.16. The number of ether oxygens (including phenoxy) is 2. The fourth-order valence-corrected chi connectivity index (χ4v) is 3.12. The van der Waals surface area contributed by atoms with E-state index in [1.54, 1.807) is 18.4 Å². The summed E-state index contributed by atoms with van der Waals surface area (Å²) >= 11 is 1.70. The molecule has 1 aromatic heterocycles. The average Bonchev–Trinajstić information content (AvgIpc) is 2.90. The van der Waals surface area contributed by atoms with Crippen LogP contribution in [0.2, 0.25) is 0 Å². The molecule has 0 spiro atoms. The predicted octanol–water partition coefficient (Wildman–Crippen LogP) is 2.53. The molecule has 1 fully saturated rings. The van der Waals surface area contributed by atoms with E-state index in [2.05, 4.69) is 17.2 Å². The number of hydrogen-bond acceptors (Lipinski definition) is 4.